The Morgan fingerprint density at radius 3 is 1.22 bits per heavy atom. The van der Waals surface area contributed by atoms with Crippen LogP contribution >= 0.6 is 0 Å². The van der Waals surface area contributed by atoms with Crippen LogP contribution in [-0.2, 0) is 38.0 Å². The lowest BCUT2D eigenvalue weighted by Gasteiger charge is -2.34. The molecule has 402 valence electrons. The molecule has 0 saturated heterocycles. The van der Waals surface area contributed by atoms with Gasteiger partial charge in [-0.05, 0) is 196 Å². The van der Waals surface area contributed by atoms with Gasteiger partial charge in [0.05, 0.1) is 20.0 Å². The molecule has 2 aliphatic carbocycles. The van der Waals surface area contributed by atoms with Crippen molar-refractivity contribution < 1.29 is 29.6 Å². The number of pyridine rings is 2. The van der Waals surface area contributed by atoms with E-state index in [0.717, 1.165) is 133 Å². The number of aromatic nitrogens is 2. The minimum Gasteiger partial charge on any atom is -0.481 e. The summed E-state index contributed by atoms with van der Waals surface area (Å²) in [5.74, 6) is 11.8. The molecule has 2 fully saturated rings. The van der Waals surface area contributed by atoms with Crippen LogP contribution in [0, 0.1) is 51.4 Å². The lowest BCUT2D eigenvalue weighted by molar-refractivity contribution is -0.140. The number of methoxy groups -OCH3 is 1. The number of carboxylic acid groups (broad SMARTS) is 1. The van der Waals surface area contributed by atoms with E-state index in [0.29, 0.717) is 5.56 Å². The lowest BCUT2D eigenvalue weighted by Crippen LogP contribution is -2.29. The van der Waals surface area contributed by atoms with Crippen LogP contribution in [0.15, 0.2) is 110 Å². The first-order valence-electron chi connectivity index (χ1n) is 28.1. The highest BCUT2D eigenvalue weighted by atomic mass is 16.5. The molecule has 0 amide bonds. The fourth-order valence-corrected chi connectivity index (χ4v) is 12.0. The summed E-state index contributed by atoms with van der Waals surface area (Å²) in [4.78, 5) is 31.6. The number of ether oxygens (including phenoxy) is 1. The zero-order valence-electron chi connectivity index (χ0n) is 47.2. The van der Waals surface area contributed by atoms with E-state index in [1.807, 2.05) is 18.3 Å². The molecule has 2 aromatic heterocycles. The molecule has 2 aliphatic rings. The van der Waals surface area contributed by atoms with Crippen LogP contribution in [0.4, 0.5) is 0 Å². The number of benzene rings is 4. The van der Waals surface area contributed by atoms with Gasteiger partial charge in [-0.2, -0.15) is 0 Å². The highest BCUT2D eigenvalue weighted by molar-refractivity contribution is 5.75. The van der Waals surface area contributed by atoms with Crippen molar-refractivity contribution in [1.82, 2.24) is 9.97 Å². The van der Waals surface area contributed by atoms with E-state index in [1.165, 1.54) is 47.8 Å². The maximum Gasteiger partial charge on any atom is 0.310 e. The third-order valence-electron chi connectivity index (χ3n) is 16.9. The predicted octanol–water partition coefficient (Wildman–Crippen LogP) is 14.4. The van der Waals surface area contributed by atoms with Crippen molar-refractivity contribution in [2.45, 2.75) is 180 Å². The molecule has 0 aliphatic heterocycles. The standard InChI is InChI=1S/C35H41NO3.C34H39NO3/c1-6-35(7-2,30-12-11-28(25(3)19-30)15-18-34(38)16-9-8-10-17-34)31-13-14-32(26(4)20-31)29-21-27(23-36-24-29)22-33(37)39-5;1-5-34(6-2,29-11-10-27(24(3)18-29)14-17-33(38)15-8-7-9-16-33)30-12-13-31(25(4)19-30)28-20-26(21-32(36)37)22-35-23-28/h11-14,19-21,23-24,38H,6-10,16-17,22H2,1-5H3;10-13,18-20,22-23,38H,5-9,15-16,21H2,1-4H3,(H,36,37). The summed E-state index contributed by atoms with van der Waals surface area (Å²) in [7, 11) is 1.40. The average Bonchev–Trinajstić information content (AvgIpc) is 3.42. The first-order valence-corrected chi connectivity index (χ1v) is 28.1. The summed E-state index contributed by atoms with van der Waals surface area (Å²) >= 11 is 0. The summed E-state index contributed by atoms with van der Waals surface area (Å²) in [5.41, 5.74) is 15.4. The van der Waals surface area contributed by atoms with Crippen molar-refractivity contribution in [2.75, 3.05) is 7.11 Å². The summed E-state index contributed by atoms with van der Waals surface area (Å²) in [6, 6.07) is 30.5. The number of carboxylic acids is 1. The molecule has 8 rings (SSSR count). The summed E-state index contributed by atoms with van der Waals surface area (Å²) < 4.78 is 4.82. The van der Waals surface area contributed by atoms with E-state index in [1.54, 1.807) is 18.6 Å². The Kier molecular flexibility index (Phi) is 19.2. The summed E-state index contributed by atoms with van der Waals surface area (Å²) in [5, 5.41) is 30.8. The summed E-state index contributed by atoms with van der Waals surface area (Å²) in [6.45, 7) is 17.5. The fraction of sp³-hybridized carbons (Fsp3) is 0.420. The number of aliphatic hydroxyl groups is 2. The van der Waals surface area contributed by atoms with Gasteiger partial charge in [0, 0.05) is 57.9 Å². The number of hydrogen-bond acceptors (Lipinski definition) is 7. The third kappa shape index (κ3) is 13.7. The van der Waals surface area contributed by atoms with Crippen LogP contribution in [-0.4, -0.2) is 55.5 Å². The molecule has 0 spiro atoms. The van der Waals surface area contributed by atoms with Crippen LogP contribution in [0.3, 0.4) is 0 Å². The van der Waals surface area contributed by atoms with Crippen molar-refractivity contribution in [3.05, 3.63) is 176 Å². The Hall–Kier alpha value is -6.84. The Labute approximate surface area is 459 Å². The number of carbonyl (C=O) groups is 2. The first kappa shape index (κ1) is 57.9. The molecule has 4 aromatic carbocycles. The van der Waals surface area contributed by atoms with Crippen LogP contribution < -0.4 is 0 Å². The highest BCUT2D eigenvalue weighted by Crippen LogP contribution is 2.43. The summed E-state index contributed by atoms with van der Waals surface area (Å²) in [6.07, 6.45) is 20.7. The quantitative estimate of drug-likeness (QED) is 0.0726. The minimum absolute atomic E-state index is 0.0359. The number of aliphatic carboxylic acids is 1. The molecule has 8 nitrogen and oxygen atoms in total. The van der Waals surface area contributed by atoms with E-state index in [-0.39, 0.29) is 29.6 Å². The Morgan fingerprint density at radius 2 is 0.883 bits per heavy atom. The van der Waals surface area contributed by atoms with Gasteiger partial charge in [-0.1, -0.05) is 125 Å². The molecular weight excluding hydrogens is 953 g/mol. The second-order valence-corrected chi connectivity index (χ2v) is 21.9. The Balaban J connectivity index is 0.000000224. The molecule has 0 atom stereocenters. The second kappa shape index (κ2) is 25.5. The average molecular weight is 1030 g/mol. The molecular formula is C69H80N2O6. The van der Waals surface area contributed by atoms with E-state index in [9.17, 15) is 19.8 Å². The van der Waals surface area contributed by atoms with Crippen molar-refractivity contribution in [3.63, 3.8) is 0 Å². The van der Waals surface area contributed by atoms with Gasteiger partial charge in [-0.3, -0.25) is 19.6 Å². The molecule has 0 bridgehead atoms. The molecule has 2 heterocycles. The Morgan fingerprint density at radius 1 is 0.519 bits per heavy atom. The number of rotatable bonds is 14. The largest absolute Gasteiger partial charge is 0.481 e. The van der Waals surface area contributed by atoms with Crippen molar-refractivity contribution in [1.29, 1.82) is 0 Å². The third-order valence-corrected chi connectivity index (χ3v) is 16.9. The molecule has 0 unspecified atom stereocenters. The number of hydrogen-bond donors (Lipinski definition) is 3. The maximum absolute atomic E-state index is 11.8. The van der Waals surface area contributed by atoms with Crippen molar-refractivity contribution >= 4 is 11.9 Å². The molecule has 77 heavy (non-hydrogen) atoms. The lowest BCUT2D eigenvalue weighted by atomic mass is 9.69. The monoisotopic (exact) mass is 1030 g/mol. The SMILES string of the molecule is CCC(CC)(c1ccc(C#CC2(O)CCCCC2)c(C)c1)c1ccc(-c2cncc(CC(=O)O)c2)c(C)c1.CCC(CC)(c1ccc(C#CC2(O)CCCCC2)c(C)c1)c1ccc(-c2cncc(CC(=O)OC)c2)c(C)c1. The molecule has 8 heteroatoms. The Bertz CT molecular complexity index is 3180. The highest BCUT2D eigenvalue weighted by Gasteiger charge is 2.34. The van der Waals surface area contributed by atoms with E-state index >= 15 is 0 Å². The van der Waals surface area contributed by atoms with E-state index in [2.05, 4.69) is 162 Å². The van der Waals surface area contributed by atoms with Gasteiger partial charge in [-0.25, -0.2) is 0 Å². The molecule has 2 saturated carbocycles. The van der Waals surface area contributed by atoms with Crippen molar-refractivity contribution in [2.24, 2.45) is 0 Å². The first-order chi connectivity index (χ1) is 36.9. The molecule has 0 radical (unpaired) electrons. The van der Waals surface area contributed by atoms with E-state index < -0.39 is 17.2 Å². The van der Waals surface area contributed by atoms with Crippen LogP contribution in [0.1, 0.15) is 184 Å². The van der Waals surface area contributed by atoms with Gasteiger partial charge < -0.3 is 20.1 Å². The van der Waals surface area contributed by atoms with Crippen LogP contribution in [0.5, 0.6) is 0 Å². The van der Waals surface area contributed by atoms with Gasteiger partial charge in [0.15, 0.2) is 0 Å². The zero-order chi connectivity index (χ0) is 55.4. The van der Waals surface area contributed by atoms with Gasteiger partial charge in [0.1, 0.15) is 11.2 Å². The van der Waals surface area contributed by atoms with Crippen LogP contribution in [0.25, 0.3) is 22.3 Å². The molecule has 3 N–H and O–H groups in total. The van der Waals surface area contributed by atoms with Gasteiger partial charge >= 0.3 is 11.9 Å². The fourth-order valence-electron chi connectivity index (χ4n) is 12.0. The number of nitrogens with zero attached hydrogens (tertiary/aromatic N) is 2. The normalized spacial score (nSPS) is 14.9. The minimum atomic E-state index is -0.858. The van der Waals surface area contributed by atoms with Crippen molar-refractivity contribution in [3.8, 4) is 45.9 Å². The van der Waals surface area contributed by atoms with Gasteiger partial charge in [-0.15, -0.1) is 0 Å². The zero-order valence-corrected chi connectivity index (χ0v) is 47.2. The maximum atomic E-state index is 11.8. The number of esters is 1. The molecule has 6 aromatic rings. The smallest absolute Gasteiger partial charge is 0.310 e. The van der Waals surface area contributed by atoms with Gasteiger partial charge in [0.2, 0.25) is 0 Å². The number of carbonyl (C=O) groups excluding carboxylic acids is 1. The second-order valence-electron chi connectivity index (χ2n) is 21.9. The number of aryl methyl sites for hydroxylation is 4. The van der Waals surface area contributed by atoms with Crippen LogP contribution in [0.2, 0.25) is 0 Å². The van der Waals surface area contributed by atoms with Gasteiger partial charge in [0.25, 0.3) is 0 Å². The predicted molar refractivity (Wildman–Crippen MR) is 311 cm³/mol. The van der Waals surface area contributed by atoms with E-state index in [4.69, 9.17) is 9.84 Å². The topological polar surface area (TPSA) is 130 Å².